The number of thioether (sulfide) groups is 1. The minimum atomic E-state index is -5.58. The molecule has 3 heterocycles. The highest BCUT2D eigenvalue weighted by molar-refractivity contribution is 8.13. The lowest BCUT2D eigenvalue weighted by atomic mass is 9.87. The number of phosphoric acid groups is 3. The number of hydrogen-bond donors (Lipinski definition) is 10. The van der Waals surface area contributed by atoms with E-state index in [4.69, 9.17) is 19.5 Å². The van der Waals surface area contributed by atoms with Crippen molar-refractivity contribution in [3.63, 3.8) is 0 Å². The summed E-state index contributed by atoms with van der Waals surface area (Å²) in [6.45, 7) is 2.50. The van der Waals surface area contributed by atoms with Crippen LogP contribution >= 0.6 is 35.2 Å². The molecular formula is C33H56N7O18P3S. The van der Waals surface area contributed by atoms with E-state index in [1.165, 1.54) is 20.3 Å². The second kappa shape index (κ2) is 24.5. The van der Waals surface area contributed by atoms with Gasteiger partial charge in [-0.05, 0) is 19.3 Å². The number of nitrogens with two attached hydrogens (primary N) is 1. The lowest BCUT2D eigenvalue weighted by Gasteiger charge is -2.30. The third kappa shape index (κ3) is 18.0. The summed E-state index contributed by atoms with van der Waals surface area (Å²) in [5.74, 6) is -1.26. The molecule has 1 aliphatic heterocycles. The van der Waals surface area contributed by atoms with Crippen LogP contribution in [0.15, 0.2) is 24.8 Å². The minimum absolute atomic E-state index is 0.0263. The summed E-state index contributed by atoms with van der Waals surface area (Å²) < 4.78 is 62.2. The number of nitrogen functional groups attached to an aromatic ring is 1. The number of amides is 2. The molecular weight excluding hydrogens is 907 g/mol. The van der Waals surface area contributed by atoms with Gasteiger partial charge in [0.05, 0.1) is 25.6 Å². The van der Waals surface area contributed by atoms with E-state index in [2.05, 4.69) is 41.3 Å². The Bertz CT molecular complexity index is 1970. The Morgan fingerprint density at radius 2 is 1.73 bits per heavy atom. The van der Waals surface area contributed by atoms with Crippen molar-refractivity contribution in [2.45, 2.75) is 109 Å². The minimum Gasteiger partial charge on any atom is -0.392 e. The number of fused-ring (bicyclic) bond motifs is 1. The number of nitrogens with zero attached hydrogens (tertiary/aromatic N) is 4. The van der Waals surface area contributed by atoms with E-state index in [0.717, 1.165) is 54.7 Å². The van der Waals surface area contributed by atoms with Crippen molar-refractivity contribution < 1.29 is 85.6 Å². The summed E-state index contributed by atoms with van der Waals surface area (Å²) in [6, 6.07) is 0. The summed E-state index contributed by atoms with van der Waals surface area (Å²) in [5, 5.41) is 36.3. The topological polar surface area (TPSA) is 384 Å². The number of aliphatic hydroxyl groups is 3. The van der Waals surface area contributed by atoms with Crippen molar-refractivity contribution in [3.8, 4) is 0 Å². The molecule has 62 heavy (non-hydrogen) atoms. The van der Waals surface area contributed by atoms with Gasteiger partial charge in [0.2, 0.25) is 11.8 Å². The number of aliphatic hydroxyl groups excluding tert-OH is 3. The van der Waals surface area contributed by atoms with Gasteiger partial charge in [-0.25, -0.2) is 28.6 Å². The summed E-state index contributed by atoms with van der Waals surface area (Å²) in [4.78, 5) is 88.0. The molecule has 0 aromatic carbocycles. The summed E-state index contributed by atoms with van der Waals surface area (Å²) in [7, 11) is -16.4. The van der Waals surface area contributed by atoms with Gasteiger partial charge in [0.25, 0.3) is 0 Å². The van der Waals surface area contributed by atoms with E-state index in [9.17, 15) is 63.0 Å². The van der Waals surface area contributed by atoms with Crippen molar-refractivity contribution in [2.75, 3.05) is 37.8 Å². The van der Waals surface area contributed by atoms with Crippen LogP contribution in [0.5, 0.6) is 0 Å². The number of anilines is 1. The molecule has 0 spiro atoms. The molecule has 8 atom stereocenters. The third-order valence-electron chi connectivity index (χ3n) is 8.97. The lowest BCUT2D eigenvalue weighted by molar-refractivity contribution is -0.137. The Balaban J connectivity index is 1.40. The van der Waals surface area contributed by atoms with Gasteiger partial charge < -0.3 is 56.0 Å². The van der Waals surface area contributed by atoms with Gasteiger partial charge in [-0.2, -0.15) is 4.31 Å². The van der Waals surface area contributed by atoms with E-state index < -0.39 is 90.7 Å². The van der Waals surface area contributed by atoms with Gasteiger partial charge in [0.1, 0.15) is 36.3 Å². The Labute approximate surface area is 361 Å². The molecule has 25 nitrogen and oxygen atoms in total. The standard InChI is InChI=1S/C33H56N7O18P3S/c1-4-5-6-7-8-9-10-11-21(41)16-24(43)62-15-14-35-23(42)12-13-36-31(46)28(45)33(2,3)18-55-61(52,53)58-60(50,51)54-17-22-27(57-59(47,48)49)26(44)32(56-22)40-20-39-25-29(34)37-19-38-30(25)40/h9-10,19-22,26-28,32,41,44-45H,4-8,11-18H2,1-3H3,(H,35,42)(H,36,46)(H,50,51)(H,52,53)(H2,34,37,38)(H2,47,48,49)/b10-9-/t21-,22+,26+,27+,28-,32+/m0/s1. The fourth-order valence-corrected chi connectivity index (χ4v) is 9.26. The highest BCUT2D eigenvalue weighted by atomic mass is 32.2. The first kappa shape index (κ1) is 53.6. The van der Waals surface area contributed by atoms with Crippen LogP contribution in [-0.4, -0.2) is 134 Å². The lowest BCUT2D eigenvalue weighted by Crippen LogP contribution is -2.46. The quantitative estimate of drug-likeness (QED) is 0.0327. The molecule has 2 unspecified atom stereocenters. The molecule has 2 aromatic heterocycles. The van der Waals surface area contributed by atoms with Crippen molar-refractivity contribution >= 4 is 69.1 Å². The highest BCUT2D eigenvalue weighted by Gasteiger charge is 2.50. The molecule has 1 aliphatic rings. The monoisotopic (exact) mass is 963 g/mol. The van der Waals surface area contributed by atoms with Crippen molar-refractivity contribution in [2.24, 2.45) is 5.41 Å². The van der Waals surface area contributed by atoms with E-state index >= 15 is 0 Å². The Morgan fingerprint density at radius 3 is 2.42 bits per heavy atom. The molecule has 0 bridgehead atoms. The van der Waals surface area contributed by atoms with Crippen LogP contribution in [0, 0.1) is 5.41 Å². The number of rotatable bonds is 28. The second-order valence-corrected chi connectivity index (χ2v) is 20.1. The van der Waals surface area contributed by atoms with Gasteiger partial charge >= 0.3 is 23.5 Å². The number of allylic oxidation sites excluding steroid dienone is 1. The predicted octanol–water partition coefficient (Wildman–Crippen LogP) is 1.33. The van der Waals surface area contributed by atoms with Crippen LogP contribution in [0.3, 0.4) is 0 Å². The zero-order valence-corrected chi connectivity index (χ0v) is 37.7. The highest BCUT2D eigenvalue weighted by Crippen LogP contribution is 2.61. The Morgan fingerprint density at radius 1 is 1.02 bits per heavy atom. The van der Waals surface area contributed by atoms with Crippen LogP contribution in [0.25, 0.3) is 11.2 Å². The predicted molar refractivity (Wildman–Crippen MR) is 220 cm³/mol. The van der Waals surface area contributed by atoms with Crippen LogP contribution in [0.2, 0.25) is 0 Å². The van der Waals surface area contributed by atoms with Crippen molar-refractivity contribution in [1.29, 1.82) is 0 Å². The Kier molecular flexibility index (Phi) is 21.2. The number of carbonyl (C=O) groups excluding carboxylic acids is 3. The maximum absolute atomic E-state index is 12.7. The van der Waals surface area contributed by atoms with Gasteiger partial charge in [-0.1, -0.05) is 63.9 Å². The molecule has 2 amide bonds. The first-order chi connectivity index (χ1) is 28.9. The average Bonchev–Trinajstić information content (AvgIpc) is 3.74. The molecule has 1 fully saturated rings. The molecule has 0 radical (unpaired) electrons. The van der Waals surface area contributed by atoms with E-state index in [1.807, 2.05) is 12.2 Å². The first-order valence-corrected chi connectivity index (χ1v) is 24.8. The third-order valence-corrected chi connectivity index (χ3v) is 13.0. The number of ether oxygens (including phenoxy) is 1. The smallest absolute Gasteiger partial charge is 0.392 e. The number of imidazole rings is 1. The van der Waals surface area contributed by atoms with Gasteiger partial charge in [0.15, 0.2) is 22.8 Å². The second-order valence-electron chi connectivity index (χ2n) is 14.7. The van der Waals surface area contributed by atoms with Gasteiger partial charge in [-0.15, -0.1) is 0 Å². The van der Waals surface area contributed by atoms with Gasteiger partial charge in [0, 0.05) is 37.1 Å². The number of phosphoric ester groups is 3. The van der Waals surface area contributed by atoms with E-state index in [1.54, 1.807) is 0 Å². The molecule has 0 aliphatic carbocycles. The first-order valence-electron chi connectivity index (χ1n) is 19.3. The largest absolute Gasteiger partial charge is 0.481 e. The van der Waals surface area contributed by atoms with E-state index in [-0.39, 0.29) is 53.8 Å². The number of hydrogen-bond acceptors (Lipinski definition) is 19. The maximum atomic E-state index is 12.7. The summed E-state index contributed by atoms with van der Waals surface area (Å²) in [5.41, 5.74) is 4.24. The normalized spacial score (nSPS) is 21.4. The maximum Gasteiger partial charge on any atom is 0.481 e. The Hall–Kier alpha value is -2.74. The number of carbonyl (C=O) groups is 3. The molecule has 1 saturated heterocycles. The summed E-state index contributed by atoms with van der Waals surface area (Å²) >= 11 is 0.967. The van der Waals surface area contributed by atoms with E-state index in [0.29, 0.717) is 6.42 Å². The SMILES string of the molecule is CCCCCC/C=C\C[C@H](O)CC(=O)SCCNC(=O)CCNC(=O)[C@H](O)C(C)(C)COP(=O)(O)OP(=O)(O)OC[C@H]1O[C@@H](n2cnc3c(N)ncnc32)[C@H](O)[C@@H]1OP(=O)(O)O. The molecule has 352 valence electrons. The fourth-order valence-electron chi connectivity index (χ4n) is 5.69. The number of aromatic nitrogens is 4. The molecule has 3 rings (SSSR count). The molecule has 29 heteroatoms. The summed E-state index contributed by atoms with van der Waals surface area (Å²) in [6.07, 6.45) is 1.94. The number of unbranched alkanes of at least 4 members (excludes halogenated alkanes) is 4. The van der Waals surface area contributed by atoms with Gasteiger partial charge in [-0.3, -0.25) is 32.5 Å². The zero-order chi connectivity index (χ0) is 46.3. The van der Waals surface area contributed by atoms with Crippen LogP contribution in [0.1, 0.15) is 78.4 Å². The average molecular weight is 964 g/mol. The van der Waals surface area contributed by atoms with Crippen LogP contribution < -0.4 is 16.4 Å². The molecule has 2 aromatic rings. The zero-order valence-electron chi connectivity index (χ0n) is 34.2. The van der Waals surface area contributed by atoms with Crippen LogP contribution in [0.4, 0.5) is 5.82 Å². The molecule has 0 saturated carbocycles. The fraction of sp³-hybridized carbons (Fsp3) is 0.697. The van der Waals surface area contributed by atoms with Crippen molar-refractivity contribution in [1.82, 2.24) is 30.2 Å². The number of nitrogens with one attached hydrogen (secondary N) is 2. The molecule has 11 N–H and O–H groups in total. The van der Waals surface area contributed by atoms with Crippen LogP contribution in [-0.2, 0) is 50.7 Å². The van der Waals surface area contributed by atoms with Crippen molar-refractivity contribution in [3.05, 3.63) is 24.8 Å².